The Morgan fingerprint density at radius 2 is 1.87 bits per heavy atom. The van der Waals surface area contributed by atoms with Crippen molar-refractivity contribution in [1.29, 1.82) is 0 Å². The van der Waals surface area contributed by atoms with Crippen LogP contribution in [0.15, 0.2) is 42.5 Å². The highest BCUT2D eigenvalue weighted by atomic mass is 35.5. The Morgan fingerprint density at radius 1 is 1.09 bits per heavy atom. The third-order valence-electron chi connectivity index (χ3n) is 3.33. The van der Waals surface area contributed by atoms with E-state index in [1.807, 2.05) is 24.3 Å². The van der Waals surface area contributed by atoms with Crippen LogP contribution in [0.5, 0.6) is 0 Å². The molecule has 0 aliphatic carbocycles. The number of rotatable bonds is 2. The molecule has 0 aliphatic heterocycles. The number of nitrogens with zero attached hydrogens (tertiary/aromatic N) is 1. The fourth-order valence-electron chi connectivity index (χ4n) is 2.28. The smallest absolute Gasteiger partial charge is 0.269 e. The third kappa shape index (κ3) is 2.49. The summed E-state index contributed by atoms with van der Waals surface area (Å²) in [5.41, 5.74) is 0.259. The number of amides is 1. The van der Waals surface area contributed by atoms with Gasteiger partial charge in [-0.3, -0.25) is 10.1 Å². The number of fused-ring (bicyclic) bond motifs is 2. The molecule has 23 heavy (non-hydrogen) atoms. The minimum atomic E-state index is -0.404. The summed E-state index contributed by atoms with van der Waals surface area (Å²) in [4.78, 5) is 17.0. The van der Waals surface area contributed by atoms with Crippen LogP contribution in [0.1, 0.15) is 9.67 Å². The van der Waals surface area contributed by atoms with E-state index in [4.69, 9.17) is 11.6 Å². The van der Waals surface area contributed by atoms with Crippen molar-refractivity contribution < 1.29 is 9.18 Å². The van der Waals surface area contributed by atoms with Gasteiger partial charge >= 0.3 is 0 Å². The monoisotopic (exact) mass is 362 g/mol. The predicted molar refractivity (Wildman–Crippen MR) is 94.4 cm³/mol. The molecular formula is C16H8ClFN2OS2. The minimum absolute atomic E-state index is 0.259. The molecule has 7 heteroatoms. The molecule has 4 rings (SSSR count). The number of anilines is 1. The van der Waals surface area contributed by atoms with Gasteiger partial charge in [0.05, 0.1) is 9.72 Å². The summed E-state index contributed by atoms with van der Waals surface area (Å²) in [5, 5.41) is 4.33. The zero-order valence-electron chi connectivity index (χ0n) is 11.5. The van der Waals surface area contributed by atoms with Crippen molar-refractivity contribution in [2.45, 2.75) is 0 Å². The topological polar surface area (TPSA) is 42.0 Å². The molecule has 2 heterocycles. The third-order valence-corrected chi connectivity index (χ3v) is 5.94. The van der Waals surface area contributed by atoms with Crippen molar-refractivity contribution in [3.8, 4) is 0 Å². The van der Waals surface area contributed by atoms with Gasteiger partial charge in [-0.25, -0.2) is 9.37 Å². The summed E-state index contributed by atoms with van der Waals surface area (Å²) in [6.07, 6.45) is 0. The average Bonchev–Trinajstić information content (AvgIpc) is 3.10. The summed E-state index contributed by atoms with van der Waals surface area (Å²) in [5.74, 6) is -0.741. The van der Waals surface area contributed by atoms with Crippen LogP contribution in [0.2, 0.25) is 5.02 Å². The van der Waals surface area contributed by atoms with Gasteiger partial charge in [0.2, 0.25) is 0 Å². The first-order valence-electron chi connectivity index (χ1n) is 6.67. The second-order valence-electron chi connectivity index (χ2n) is 4.80. The lowest BCUT2D eigenvalue weighted by Crippen LogP contribution is -2.10. The number of para-hydroxylation sites is 1. The predicted octanol–water partition coefficient (Wildman–Crippen LogP) is 5.56. The van der Waals surface area contributed by atoms with Crippen molar-refractivity contribution in [3.05, 3.63) is 58.2 Å². The van der Waals surface area contributed by atoms with E-state index in [1.165, 1.54) is 28.7 Å². The number of carbonyl (C=O) groups excluding carboxylic acids is 1. The summed E-state index contributed by atoms with van der Waals surface area (Å²) < 4.78 is 15.3. The van der Waals surface area contributed by atoms with E-state index < -0.39 is 5.82 Å². The molecule has 0 fully saturated rings. The largest absolute Gasteiger partial charge is 0.297 e. The summed E-state index contributed by atoms with van der Waals surface area (Å²) in [7, 11) is 0. The van der Waals surface area contributed by atoms with Gasteiger partial charge in [0.1, 0.15) is 16.2 Å². The van der Waals surface area contributed by atoms with Gasteiger partial charge in [0.25, 0.3) is 5.91 Å². The molecule has 0 unspecified atom stereocenters. The highest BCUT2D eigenvalue weighted by Gasteiger charge is 2.18. The highest BCUT2D eigenvalue weighted by Crippen LogP contribution is 2.36. The molecule has 0 saturated carbocycles. The number of thiophene rings is 1. The van der Waals surface area contributed by atoms with E-state index in [1.54, 1.807) is 12.1 Å². The Labute approximate surface area is 143 Å². The Balaban J connectivity index is 1.70. The SMILES string of the molecule is O=C(Nc1nc2c(F)cccc2s1)c1sc2ccccc2c1Cl. The van der Waals surface area contributed by atoms with E-state index in [-0.39, 0.29) is 11.4 Å². The first-order chi connectivity index (χ1) is 11.1. The van der Waals surface area contributed by atoms with Crippen molar-refractivity contribution in [2.75, 3.05) is 5.32 Å². The van der Waals surface area contributed by atoms with Gasteiger partial charge in [-0.15, -0.1) is 11.3 Å². The molecule has 2 aromatic heterocycles. The zero-order chi connectivity index (χ0) is 16.0. The van der Waals surface area contributed by atoms with Crippen LogP contribution < -0.4 is 5.32 Å². The van der Waals surface area contributed by atoms with E-state index >= 15 is 0 Å². The van der Waals surface area contributed by atoms with Crippen molar-refractivity contribution in [3.63, 3.8) is 0 Å². The van der Waals surface area contributed by atoms with E-state index in [0.717, 1.165) is 10.1 Å². The molecular weight excluding hydrogens is 355 g/mol. The van der Waals surface area contributed by atoms with Crippen LogP contribution in [-0.2, 0) is 0 Å². The van der Waals surface area contributed by atoms with Gasteiger partial charge < -0.3 is 0 Å². The lowest BCUT2D eigenvalue weighted by atomic mass is 10.2. The van der Waals surface area contributed by atoms with Crippen LogP contribution in [0.3, 0.4) is 0 Å². The molecule has 0 spiro atoms. The van der Waals surface area contributed by atoms with Crippen LogP contribution in [0.25, 0.3) is 20.3 Å². The van der Waals surface area contributed by atoms with E-state index in [2.05, 4.69) is 10.3 Å². The number of hydrogen-bond donors (Lipinski definition) is 1. The van der Waals surface area contributed by atoms with Crippen LogP contribution in [0.4, 0.5) is 9.52 Å². The molecule has 0 atom stereocenters. The standard InChI is InChI=1S/C16H8ClFN2OS2/c17-12-8-4-1-2-6-10(8)22-14(12)15(21)20-16-19-13-9(18)5-3-7-11(13)23-16/h1-7H,(H,19,20,21). The number of nitrogens with one attached hydrogen (secondary N) is 1. The quantitative estimate of drug-likeness (QED) is 0.507. The van der Waals surface area contributed by atoms with E-state index in [9.17, 15) is 9.18 Å². The van der Waals surface area contributed by atoms with Crippen LogP contribution >= 0.6 is 34.3 Å². The molecule has 4 aromatic rings. The molecule has 0 bridgehead atoms. The second kappa shape index (κ2) is 5.56. The molecule has 2 aromatic carbocycles. The van der Waals surface area contributed by atoms with Gasteiger partial charge in [-0.2, -0.15) is 0 Å². The number of benzene rings is 2. The lowest BCUT2D eigenvalue weighted by molar-refractivity contribution is 0.103. The normalized spacial score (nSPS) is 11.2. The maximum atomic E-state index is 13.7. The van der Waals surface area contributed by atoms with Gasteiger partial charge in [0, 0.05) is 10.1 Å². The first kappa shape index (κ1) is 14.6. The molecule has 1 N–H and O–H groups in total. The van der Waals surface area contributed by atoms with Crippen molar-refractivity contribution >= 4 is 65.6 Å². The second-order valence-corrected chi connectivity index (χ2v) is 7.26. The van der Waals surface area contributed by atoms with Crippen LogP contribution in [-0.4, -0.2) is 10.9 Å². The summed E-state index contributed by atoms with van der Waals surface area (Å²) in [6.45, 7) is 0. The van der Waals surface area contributed by atoms with Gasteiger partial charge in [-0.1, -0.05) is 47.2 Å². The summed E-state index contributed by atoms with van der Waals surface area (Å²) >= 11 is 8.84. The lowest BCUT2D eigenvalue weighted by Gasteiger charge is -1.98. The Kier molecular flexibility index (Phi) is 3.52. The number of carbonyl (C=O) groups is 1. The Hall–Kier alpha value is -2.02. The minimum Gasteiger partial charge on any atom is -0.297 e. The highest BCUT2D eigenvalue weighted by molar-refractivity contribution is 7.23. The van der Waals surface area contributed by atoms with Crippen LogP contribution in [0, 0.1) is 5.82 Å². The molecule has 114 valence electrons. The average molecular weight is 363 g/mol. The number of halogens is 2. The zero-order valence-corrected chi connectivity index (χ0v) is 13.9. The first-order valence-corrected chi connectivity index (χ1v) is 8.68. The molecule has 1 amide bonds. The molecule has 0 radical (unpaired) electrons. The number of thiazole rings is 1. The molecule has 3 nitrogen and oxygen atoms in total. The number of hydrogen-bond acceptors (Lipinski definition) is 4. The fourth-order valence-corrected chi connectivity index (χ4v) is 4.57. The Bertz CT molecular complexity index is 1060. The fraction of sp³-hybridized carbons (Fsp3) is 0. The van der Waals surface area contributed by atoms with Gasteiger partial charge in [-0.05, 0) is 18.2 Å². The number of aromatic nitrogens is 1. The molecule has 0 aliphatic rings. The van der Waals surface area contributed by atoms with Crippen molar-refractivity contribution in [2.24, 2.45) is 0 Å². The maximum Gasteiger partial charge on any atom is 0.269 e. The molecule has 0 saturated heterocycles. The summed E-state index contributed by atoms with van der Waals surface area (Å²) in [6, 6.07) is 12.3. The van der Waals surface area contributed by atoms with Crippen molar-refractivity contribution in [1.82, 2.24) is 4.98 Å². The maximum absolute atomic E-state index is 13.7. The van der Waals surface area contributed by atoms with Gasteiger partial charge in [0.15, 0.2) is 5.13 Å². The van der Waals surface area contributed by atoms with E-state index in [0.29, 0.717) is 19.7 Å². The Morgan fingerprint density at radius 3 is 2.65 bits per heavy atom.